The topological polar surface area (TPSA) is 21.3 Å². The Bertz CT molecular complexity index is 390. The highest BCUT2D eigenvalue weighted by molar-refractivity contribution is 9.10. The van der Waals surface area contributed by atoms with Crippen LogP contribution in [-0.2, 0) is 6.54 Å². The van der Waals surface area contributed by atoms with Gasteiger partial charge in [0.15, 0.2) is 0 Å². The molecule has 3 heteroatoms. The molecule has 100 valence electrons. The first kappa shape index (κ1) is 13.9. The van der Waals surface area contributed by atoms with Crippen molar-refractivity contribution in [3.05, 3.63) is 28.2 Å². The summed E-state index contributed by atoms with van der Waals surface area (Å²) in [5.41, 5.74) is 1.28. The zero-order valence-corrected chi connectivity index (χ0v) is 12.8. The molecule has 0 saturated heterocycles. The first-order valence-electron chi connectivity index (χ1n) is 6.87. The van der Waals surface area contributed by atoms with Gasteiger partial charge in [-0.05, 0) is 49.9 Å². The molecule has 1 atom stereocenters. The van der Waals surface area contributed by atoms with Gasteiger partial charge in [0, 0.05) is 17.1 Å². The molecular weight excluding hydrogens is 290 g/mol. The van der Waals surface area contributed by atoms with Gasteiger partial charge in [-0.2, -0.15) is 0 Å². The summed E-state index contributed by atoms with van der Waals surface area (Å²) in [6, 6.07) is 7.00. The van der Waals surface area contributed by atoms with Crippen molar-refractivity contribution in [1.82, 2.24) is 5.32 Å². The minimum absolute atomic E-state index is 0.292. The molecule has 1 unspecified atom stereocenters. The molecule has 0 aliphatic heterocycles. The fourth-order valence-corrected chi connectivity index (χ4v) is 2.39. The maximum Gasteiger partial charge on any atom is 0.120 e. The molecule has 0 bridgehead atoms. The Balaban J connectivity index is 1.95. The van der Waals surface area contributed by atoms with Crippen LogP contribution < -0.4 is 10.1 Å². The Hall–Kier alpha value is -0.540. The number of nitrogens with one attached hydrogen (secondary N) is 1. The minimum atomic E-state index is 0.292. The van der Waals surface area contributed by atoms with Gasteiger partial charge in [0.05, 0.1) is 6.10 Å². The molecule has 1 aromatic rings. The van der Waals surface area contributed by atoms with Gasteiger partial charge in [-0.25, -0.2) is 0 Å². The van der Waals surface area contributed by atoms with Gasteiger partial charge in [0.25, 0.3) is 0 Å². The van der Waals surface area contributed by atoms with Crippen molar-refractivity contribution >= 4 is 15.9 Å². The van der Waals surface area contributed by atoms with Gasteiger partial charge < -0.3 is 10.1 Å². The van der Waals surface area contributed by atoms with E-state index in [0.29, 0.717) is 6.10 Å². The van der Waals surface area contributed by atoms with Gasteiger partial charge in [-0.1, -0.05) is 29.3 Å². The largest absolute Gasteiger partial charge is 0.491 e. The van der Waals surface area contributed by atoms with E-state index in [2.05, 4.69) is 47.2 Å². The molecular formula is C15H22BrNO. The lowest BCUT2D eigenvalue weighted by molar-refractivity contribution is 0.209. The van der Waals surface area contributed by atoms with Crippen LogP contribution in [0.2, 0.25) is 0 Å². The Morgan fingerprint density at radius 1 is 1.44 bits per heavy atom. The van der Waals surface area contributed by atoms with Crippen LogP contribution in [-0.4, -0.2) is 12.1 Å². The normalized spacial score (nSPS) is 16.6. The van der Waals surface area contributed by atoms with E-state index in [4.69, 9.17) is 4.74 Å². The lowest BCUT2D eigenvalue weighted by atomic mass is 10.2. The Morgan fingerprint density at radius 2 is 2.22 bits per heavy atom. The van der Waals surface area contributed by atoms with Crippen molar-refractivity contribution < 1.29 is 4.74 Å². The minimum Gasteiger partial charge on any atom is -0.491 e. The van der Waals surface area contributed by atoms with Crippen LogP contribution in [0, 0.1) is 0 Å². The molecule has 0 amide bonds. The summed E-state index contributed by atoms with van der Waals surface area (Å²) in [5, 5.41) is 3.53. The Morgan fingerprint density at radius 3 is 2.89 bits per heavy atom. The highest BCUT2D eigenvalue weighted by Gasteiger charge is 2.20. The molecule has 18 heavy (non-hydrogen) atoms. The second kappa shape index (κ2) is 6.58. The van der Waals surface area contributed by atoms with Crippen LogP contribution >= 0.6 is 15.9 Å². The fraction of sp³-hybridized carbons (Fsp3) is 0.600. The summed E-state index contributed by atoms with van der Waals surface area (Å²) >= 11 is 3.60. The van der Waals surface area contributed by atoms with Gasteiger partial charge >= 0.3 is 0 Å². The number of hydrogen-bond donors (Lipinski definition) is 1. The highest BCUT2D eigenvalue weighted by atomic mass is 79.9. The maximum atomic E-state index is 5.92. The Kier molecular flexibility index (Phi) is 5.07. The van der Waals surface area contributed by atoms with Crippen LogP contribution in [0.3, 0.4) is 0 Å². The summed E-state index contributed by atoms with van der Waals surface area (Å²) in [6.45, 7) is 5.24. The van der Waals surface area contributed by atoms with Gasteiger partial charge in [-0.3, -0.25) is 0 Å². The molecule has 1 aliphatic rings. The van der Waals surface area contributed by atoms with Gasteiger partial charge in [-0.15, -0.1) is 0 Å². The third-order valence-corrected chi connectivity index (χ3v) is 3.98. The molecule has 1 aliphatic carbocycles. The van der Waals surface area contributed by atoms with E-state index in [0.717, 1.165) is 35.7 Å². The standard InChI is InChI=1S/C15H22BrNO/c1-3-4-11(2)18-14-7-8-15(16)12(9-14)10-17-13-5-6-13/h7-9,11,13,17H,3-6,10H2,1-2H3. The fourth-order valence-electron chi connectivity index (χ4n) is 2.00. The zero-order chi connectivity index (χ0) is 13.0. The van der Waals surface area contributed by atoms with Crippen LogP contribution in [0.1, 0.15) is 45.1 Å². The molecule has 2 nitrogen and oxygen atoms in total. The van der Waals surface area contributed by atoms with Crippen LogP contribution in [0.15, 0.2) is 22.7 Å². The number of halogens is 1. The van der Waals surface area contributed by atoms with Crippen molar-refractivity contribution in [1.29, 1.82) is 0 Å². The summed E-state index contributed by atoms with van der Waals surface area (Å²) in [4.78, 5) is 0. The highest BCUT2D eigenvalue weighted by Crippen LogP contribution is 2.25. The van der Waals surface area contributed by atoms with E-state index < -0.39 is 0 Å². The molecule has 0 radical (unpaired) electrons. The molecule has 1 saturated carbocycles. The third-order valence-electron chi connectivity index (χ3n) is 3.21. The predicted molar refractivity (Wildman–Crippen MR) is 79.0 cm³/mol. The zero-order valence-electron chi connectivity index (χ0n) is 11.2. The number of rotatable bonds is 7. The maximum absolute atomic E-state index is 5.92. The molecule has 0 heterocycles. The van der Waals surface area contributed by atoms with Crippen LogP contribution in [0.5, 0.6) is 5.75 Å². The molecule has 0 aromatic heterocycles. The molecule has 2 rings (SSSR count). The number of ether oxygens (including phenoxy) is 1. The molecule has 0 spiro atoms. The van der Waals surface area contributed by atoms with E-state index in [9.17, 15) is 0 Å². The SMILES string of the molecule is CCCC(C)Oc1ccc(Br)c(CNC2CC2)c1. The van der Waals surface area contributed by atoms with Gasteiger partial charge in [0.2, 0.25) is 0 Å². The Labute approximate surface area is 118 Å². The molecule has 1 N–H and O–H groups in total. The first-order valence-corrected chi connectivity index (χ1v) is 7.66. The lowest BCUT2D eigenvalue weighted by Gasteiger charge is -2.15. The van der Waals surface area contributed by atoms with E-state index >= 15 is 0 Å². The van der Waals surface area contributed by atoms with E-state index in [1.807, 2.05) is 6.07 Å². The number of benzene rings is 1. The van der Waals surface area contributed by atoms with Crippen molar-refractivity contribution in [3.8, 4) is 5.75 Å². The van der Waals surface area contributed by atoms with E-state index in [-0.39, 0.29) is 0 Å². The van der Waals surface area contributed by atoms with Crippen molar-refractivity contribution in [2.45, 2.75) is 58.2 Å². The van der Waals surface area contributed by atoms with Gasteiger partial charge in [0.1, 0.15) is 5.75 Å². The second-order valence-corrected chi connectivity index (χ2v) is 5.98. The molecule has 1 fully saturated rings. The summed E-state index contributed by atoms with van der Waals surface area (Å²) < 4.78 is 7.08. The monoisotopic (exact) mass is 311 g/mol. The van der Waals surface area contributed by atoms with Crippen LogP contribution in [0.25, 0.3) is 0 Å². The lowest BCUT2D eigenvalue weighted by Crippen LogP contribution is -2.16. The first-order chi connectivity index (χ1) is 8.69. The van der Waals surface area contributed by atoms with Crippen molar-refractivity contribution in [3.63, 3.8) is 0 Å². The predicted octanol–water partition coefficient (Wildman–Crippen LogP) is 4.27. The summed E-state index contributed by atoms with van der Waals surface area (Å²) in [6.07, 6.45) is 5.20. The third kappa shape index (κ3) is 4.29. The van der Waals surface area contributed by atoms with E-state index in [1.165, 1.54) is 18.4 Å². The summed E-state index contributed by atoms with van der Waals surface area (Å²) in [5.74, 6) is 0.978. The average Bonchev–Trinajstić information content (AvgIpc) is 3.14. The quantitative estimate of drug-likeness (QED) is 0.812. The van der Waals surface area contributed by atoms with Crippen LogP contribution in [0.4, 0.5) is 0 Å². The van der Waals surface area contributed by atoms with E-state index in [1.54, 1.807) is 0 Å². The number of hydrogen-bond acceptors (Lipinski definition) is 2. The van der Waals surface area contributed by atoms with Crippen molar-refractivity contribution in [2.75, 3.05) is 0 Å². The smallest absolute Gasteiger partial charge is 0.120 e. The summed E-state index contributed by atoms with van der Waals surface area (Å²) in [7, 11) is 0. The van der Waals surface area contributed by atoms with Crippen molar-refractivity contribution in [2.24, 2.45) is 0 Å². The second-order valence-electron chi connectivity index (χ2n) is 5.13. The molecule has 1 aromatic carbocycles. The average molecular weight is 312 g/mol.